The number of amides is 3. The molecule has 4 heterocycles. The predicted molar refractivity (Wildman–Crippen MR) is 122 cm³/mol. The second-order valence-corrected chi connectivity index (χ2v) is 8.63. The largest absolute Gasteiger partial charge is 0.487 e. The van der Waals surface area contributed by atoms with Crippen LogP contribution in [-0.4, -0.2) is 53.6 Å². The highest BCUT2D eigenvalue weighted by Crippen LogP contribution is 2.33. The fourth-order valence-corrected chi connectivity index (χ4v) is 4.59. The molecule has 0 aliphatic carbocycles. The quantitative estimate of drug-likeness (QED) is 0.407. The van der Waals surface area contributed by atoms with Gasteiger partial charge in [0, 0.05) is 17.5 Å². The highest BCUT2D eigenvalue weighted by atomic mass is 16.5. The van der Waals surface area contributed by atoms with Gasteiger partial charge in [0.1, 0.15) is 24.1 Å². The molecular formula is C24H21N7O4. The van der Waals surface area contributed by atoms with Crippen molar-refractivity contribution in [3.63, 3.8) is 0 Å². The van der Waals surface area contributed by atoms with E-state index in [0.29, 0.717) is 30.0 Å². The van der Waals surface area contributed by atoms with E-state index in [-0.39, 0.29) is 31.4 Å². The Balaban J connectivity index is 1.14. The maximum Gasteiger partial charge on any atom is 0.255 e. The molecule has 35 heavy (non-hydrogen) atoms. The number of benzene rings is 2. The molecule has 2 N–H and O–H groups in total. The third kappa shape index (κ3) is 3.90. The third-order valence-corrected chi connectivity index (χ3v) is 6.33. The number of carbonyl (C=O) groups is 3. The van der Waals surface area contributed by atoms with Crippen molar-refractivity contribution in [3.8, 4) is 5.75 Å². The molecule has 1 fully saturated rings. The number of rotatable bonds is 6. The van der Waals surface area contributed by atoms with E-state index in [4.69, 9.17) is 4.74 Å². The lowest BCUT2D eigenvalue weighted by molar-refractivity contribution is -0.136. The molecule has 6 rings (SSSR count). The topological polar surface area (TPSA) is 135 Å². The van der Waals surface area contributed by atoms with Crippen LogP contribution in [0.1, 0.15) is 40.0 Å². The van der Waals surface area contributed by atoms with Gasteiger partial charge in [-0.15, -0.1) is 5.10 Å². The average molecular weight is 471 g/mol. The number of nitrogens with one attached hydrogen (secondary N) is 2. The molecule has 0 saturated carbocycles. The van der Waals surface area contributed by atoms with Crippen LogP contribution in [-0.2, 0) is 29.3 Å². The summed E-state index contributed by atoms with van der Waals surface area (Å²) in [5.74, 6) is -0.425. The van der Waals surface area contributed by atoms with Crippen molar-refractivity contribution in [2.75, 3.05) is 0 Å². The Kier molecular flexibility index (Phi) is 5.02. The SMILES string of the molecule is O=C1CCC(N2Cc3c(OCc4cn(Cc5ccc6[nH]cnc6c5)nn4)cccc3C2=O)C(=O)N1. The molecule has 2 aromatic carbocycles. The summed E-state index contributed by atoms with van der Waals surface area (Å²) in [5, 5.41) is 10.7. The average Bonchev–Trinajstić information content (AvgIpc) is 3.57. The number of aromatic amines is 1. The molecule has 0 radical (unpaired) electrons. The first-order valence-electron chi connectivity index (χ1n) is 11.3. The van der Waals surface area contributed by atoms with Crippen LogP contribution in [0.25, 0.3) is 11.0 Å². The number of imide groups is 1. The first-order chi connectivity index (χ1) is 17.0. The van der Waals surface area contributed by atoms with Crippen LogP contribution in [0.4, 0.5) is 0 Å². The van der Waals surface area contributed by atoms with Crippen LogP contribution in [0.3, 0.4) is 0 Å². The second-order valence-electron chi connectivity index (χ2n) is 8.63. The number of fused-ring (bicyclic) bond motifs is 2. The Hall–Kier alpha value is -4.54. The van der Waals surface area contributed by atoms with Gasteiger partial charge in [-0.05, 0) is 36.2 Å². The maximum absolute atomic E-state index is 13.0. The van der Waals surface area contributed by atoms with E-state index < -0.39 is 11.9 Å². The van der Waals surface area contributed by atoms with Crippen LogP contribution in [0.15, 0.2) is 48.9 Å². The zero-order valence-electron chi connectivity index (χ0n) is 18.6. The van der Waals surface area contributed by atoms with Crippen molar-refractivity contribution in [2.45, 2.75) is 38.6 Å². The van der Waals surface area contributed by atoms with Gasteiger partial charge < -0.3 is 14.6 Å². The molecule has 1 unspecified atom stereocenters. The van der Waals surface area contributed by atoms with Crippen molar-refractivity contribution in [3.05, 3.63) is 71.3 Å². The number of carbonyl (C=O) groups excluding carboxylic acids is 3. The summed E-state index contributed by atoms with van der Waals surface area (Å²) < 4.78 is 7.74. The molecule has 2 aromatic heterocycles. The molecule has 2 aliphatic heterocycles. The zero-order valence-corrected chi connectivity index (χ0v) is 18.6. The van der Waals surface area contributed by atoms with Gasteiger partial charge in [-0.2, -0.15) is 0 Å². The monoisotopic (exact) mass is 471 g/mol. The lowest BCUT2D eigenvalue weighted by Gasteiger charge is -2.29. The fraction of sp³-hybridized carbons (Fsp3) is 0.250. The van der Waals surface area contributed by atoms with Gasteiger partial charge in [0.25, 0.3) is 5.91 Å². The summed E-state index contributed by atoms with van der Waals surface area (Å²) in [6.45, 7) is 0.979. The van der Waals surface area contributed by atoms with Gasteiger partial charge in [0.15, 0.2) is 0 Å². The van der Waals surface area contributed by atoms with Gasteiger partial charge in [-0.3, -0.25) is 19.7 Å². The van der Waals surface area contributed by atoms with E-state index in [1.165, 1.54) is 4.90 Å². The summed E-state index contributed by atoms with van der Waals surface area (Å²) in [7, 11) is 0. The van der Waals surface area contributed by atoms with Gasteiger partial charge in [0.2, 0.25) is 11.8 Å². The Morgan fingerprint density at radius 1 is 1.14 bits per heavy atom. The molecule has 0 spiro atoms. The number of ether oxygens (including phenoxy) is 1. The highest BCUT2D eigenvalue weighted by Gasteiger charge is 2.40. The van der Waals surface area contributed by atoms with Crippen molar-refractivity contribution in [1.29, 1.82) is 0 Å². The smallest absolute Gasteiger partial charge is 0.255 e. The van der Waals surface area contributed by atoms with Crippen molar-refractivity contribution < 1.29 is 19.1 Å². The first-order valence-corrected chi connectivity index (χ1v) is 11.3. The summed E-state index contributed by atoms with van der Waals surface area (Å²) in [5.41, 5.74) is 4.80. The minimum atomic E-state index is -0.666. The van der Waals surface area contributed by atoms with Gasteiger partial charge in [-0.1, -0.05) is 17.3 Å². The van der Waals surface area contributed by atoms with Crippen LogP contribution >= 0.6 is 0 Å². The Morgan fingerprint density at radius 3 is 2.94 bits per heavy atom. The van der Waals surface area contributed by atoms with Gasteiger partial charge in [0.05, 0.1) is 36.6 Å². The number of piperidine rings is 1. The first kappa shape index (κ1) is 21.0. The standard InChI is InChI=1S/C24H21N7O4/c32-22-7-6-20(23(33)27-22)31-11-17-16(24(31)34)2-1-3-21(17)35-12-15-10-30(29-28-15)9-14-4-5-18-19(8-14)26-13-25-18/h1-5,8,10,13,20H,6-7,9,11-12H2,(H,25,26)(H,27,32,33). The Labute approximate surface area is 199 Å². The maximum atomic E-state index is 13.0. The minimum Gasteiger partial charge on any atom is -0.487 e. The van der Waals surface area contributed by atoms with E-state index in [9.17, 15) is 14.4 Å². The van der Waals surface area contributed by atoms with Crippen LogP contribution in [0, 0.1) is 0 Å². The van der Waals surface area contributed by atoms with Crippen LogP contribution in [0.5, 0.6) is 5.75 Å². The lowest BCUT2D eigenvalue weighted by atomic mass is 10.0. The lowest BCUT2D eigenvalue weighted by Crippen LogP contribution is -2.52. The third-order valence-electron chi connectivity index (χ3n) is 6.33. The highest BCUT2D eigenvalue weighted by molar-refractivity contribution is 6.05. The Bertz CT molecular complexity index is 1470. The number of nitrogens with zero attached hydrogens (tertiary/aromatic N) is 5. The number of hydrogen-bond acceptors (Lipinski definition) is 7. The van der Waals surface area contributed by atoms with Crippen molar-refractivity contribution in [2.24, 2.45) is 0 Å². The molecule has 2 aliphatic rings. The van der Waals surface area contributed by atoms with E-state index in [1.807, 2.05) is 24.4 Å². The molecule has 11 nitrogen and oxygen atoms in total. The minimum absolute atomic E-state index is 0.182. The number of imidazole rings is 1. The summed E-state index contributed by atoms with van der Waals surface area (Å²) in [4.78, 5) is 45.6. The number of hydrogen-bond donors (Lipinski definition) is 2. The van der Waals surface area contributed by atoms with Gasteiger partial charge >= 0.3 is 0 Å². The molecular weight excluding hydrogens is 450 g/mol. The van der Waals surface area contributed by atoms with E-state index in [0.717, 1.165) is 22.2 Å². The molecule has 4 aromatic rings. The van der Waals surface area contributed by atoms with Crippen molar-refractivity contribution in [1.82, 2.24) is 35.2 Å². The second kappa shape index (κ2) is 8.35. The molecule has 1 atom stereocenters. The molecule has 176 valence electrons. The molecule has 11 heteroatoms. The van der Waals surface area contributed by atoms with Gasteiger partial charge in [-0.25, -0.2) is 9.67 Å². The fourth-order valence-electron chi connectivity index (χ4n) is 4.59. The predicted octanol–water partition coefficient (Wildman–Crippen LogP) is 1.54. The number of aromatic nitrogens is 5. The van der Waals surface area contributed by atoms with Crippen molar-refractivity contribution >= 4 is 28.8 Å². The summed E-state index contributed by atoms with van der Waals surface area (Å²) >= 11 is 0. The molecule has 1 saturated heterocycles. The molecule has 0 bridgehead atoms. The van der Waals surface area contributed by atoms with Crippen LogP contribution in [0.2, 0.25) is 0 Å². The summed E-state index contributed by atoms with van der Waals surface area (Å²) in [6, 6.07) is 10.6. The molecule has 3 amide bonds. The van der Waals surface area contributed by atoms with E-state index in [2.05, 4.69) is 25.6 Å². The summed E-state index contributed by atoms with van der Waals surface area (Å²) in [6.07, 6.45) is 4.01. The van der Waals surface area contributed by atoms with E-state index >= 15 is 0 Å². The van der Waals surface area contributed by atoms with E-state index in [1.54, 1.807) is 29.2 Å². The number of H-pyrrole nitrogens is 1. The van der Waals surface area contributed by atoms with Crippen LogP contribution < -0.4 is 10.1 Å². The normalized spacial score (nSPS) is 17.7. The zero-order chi connectivity index (χ0) is 23.9. The Morgan fingerprint density at radius 2 is 2.06 bits per heavy atom.